The third kappa shape index (κ3) is 6.37. The number of nitrogens with zero attached hydrogens (tertiary/aromatic N) is 2. The lowest BCUT2D eigenvalue weighted by atomic mass is 10.1. The van der Waals surface area contributed by atoms with Gasteiger partial charge in [-0.3, -0.25) is 13.9 Å². The van der Waals surface area contributed by atoms with Crippen LogP contribution in [0.25, 0.3) is 0 Å². The minimum absolute atomic E-state index is 0.0938. The summed E-state index contributed by atoms with van der Waals surface area (Å²) >= 11 is 0. The number of hydrogen-bond acceptors (Lipinski definition) is 5. The summed E-state index contributed by atoms with van der Waals surface area (Å²) in [4.78, 5) is 24.3. The van der Waals surface area contributed by atoms with Crippen molar-refractivity contribution in [2.75, 3.05) is 16.2 Å². The molecule has 0 atom stereocenters. The Morgan fingerprint density at radius 1 is 0.917 bits per heavy atom. The first-order chi connectivity index (χ1) is 17.0. The highest BCUT2D eigenvalue weighted by Gasteiger charge is 2.28. The number of rotatable bonds is 8. The highest BCUT2D eigenvalue weighted by molar-refractivity contribution is 7.92. The highest BCUT2D eigenvalue weighted by Crippen LogP contribution is 2.28. The summed E-state index contributed by atoms with van der Waals surface area (Å²) in [6, 6.07) is 18.9. The molecule has 36 heavy (non-hydrogen) atoms. The highest BCUT2D eigenvalue weighted by atomic mass is 32.2. The van der Waals surface area contributed by atoms with Crippen LogP contribution >= 0.6 is 0 Å². The maximum Gasteiger partial charge on any atom is 0.264 e. The Labute approximate surface area is 212 Å². The van der Waals surface area contributed by atoms with Crippen LogP contribution in [0.15, 0.2) is 76.7 Å². The largest absolute Gasteiger partial charge is 0.326 e. The van der Waals surface area contributed by atoms with Gasteiger partial charge >= 0.3 is 0 Å². The van der Waals surface area contributed by atoms with Crippen LogP contribution in [0, 0.1) is 20.8 Å². The molecule has 0 heterocycles. The van der Waals surface area contributed by atoms with E-state index in [0.29, 0.717) is 22.6 Å². The molecule has 3 aromatic rings. The van der Waals surface area contributed by atoms with Crippen molar-refractivity contribution < 1.29 is 18.0 Å². The summed E-state index contributed by atoms with van der Waals surface area (Å²) < 4.78 is 28.3. The normalized spacial score (nSPS) is 11.6. The number of amides is 2. The average Bonchev–Trinajstić information content (AvgIpc) is 2.83. The van der Waals surface area contributed by atoms with Crippen LogP contribution in [0.2, 0.25) is 0 Å². The first kappa shape index (κ1) is 26.6. The average molecular weight is 507 g/mol. The van der Waals surface area contributed by atoms with Crippen LogP contribution in [0.3, 0.4) is 0 Å². The number of anilines is 2. The van der Waals surface area contributed by atoms with Gasteiger partial charge in [-0.2, -0.15) is 5.10 Å². The predicted molar refractivity (Wildman–Crippen MR) is 143 cm³/mol. The van der Waals surface area contributed by atoms with E-state index in [1.54, 1.807) is 55.5 Å². The molecule has 0 radical (unpaired) electrons. The Kier molecular flexibility index (Phi) is 8.26. The van der Waals surface area contributed by atoms with Crippen molar-refractivity contribution in [1.82, 2.24) is 5.43 Å². The van der Waals surface area contributed by atoms with Gasteiger partial charge in [0.05, 0.1) is 16.3 Å². The third-order valence-electron chi connectivity index (χ3n) is 5.69. The van der Waals surface area contributed by atoms with Crippen molar-refractivity contribution in [1.29, 1.82) is 0 Å². The molecule has 0 aliphatic carbocycles. The summed E-state index contributed by atoms with van der Waals surface area (Å²) in [6.07, 6.45) is 0. The molecule has 0 aliphatic rings. The number of aryl methyl sites for hydroxylation is 2. The van der Waals surface area contributed by atoms with Gasteiger partial charge in [-0.05, 0) is 74.7 Å². The van der Waals surface area contributed by atoms with Crippen LogP contribution in [-0.4, -0.2) is 32.5 Å². The SMILES string of the molecule is CC(=O)Nc1cccc(/C(C)=N\NC(=O)CN(c2cccc(C)c2C)S(=O)(=O)c2ccc(C)cc2)c1. The van der Waals surface area contributed by atoms with Gasteiger partial charge in [-0.25, -0.2) is 13.8 Å². The van der Waals surface area contributed by atoms with Crippen molar-refractivity contribution in [3.05, 3.63) is 89.0 Å². The van der Waals surface area contributed by atoms with Crippen molar-refractivity contribution in [2.24, 2.45) is 5.10 Å². The van der Waals surface area contributed by atoms with Crippen LogP contribution in [-0.2, 0) is 19.6 Å². The molecule has 0 aliphatic heterocycles. The number of carbonyl (C=O) groups is 2. The Balaban J connectivity index is 1.89. The summed E-state index contributed by atoms with van der Waals surface area (Å²) in [6.45, 7) is 8.25. The minimum atomic E-state index is -4.03. The third-order valence-corrected chi connectivity index (χ3v) is 7.46. The van der Waals surface area contributed by atoms with Crippen molar-refractivity contribution in [3.63, 3.8) is 0 Å². The Bertz CT molecular complexity index is 1410. The lowest BCUT2D eigenvalue weighted by Crippen LogP contribution is -2.40. The maximum atomic E-state index is 13.6. The zero-order chi connectivity index (χ0) is 26.5. The first-order valence-electron chi connectivity index (χ1n) is 11.4. The first-order valence-corrected chi connectivity index (χ1v) is 12.8. The van der Waals surface area contributed by atoms with Gasteiger partial charge in [0.25, 0.3) is 15.9 Å². The predicted octanol–water partition coefficient (Wildman–Crippen LogP) is 4.31. The number of carbonyl (C=O) groups excluding carboxylic acids is 2. The van der Waals surface area contributed by atoms with E-state index < -0.39 is 22.5 Å². The zero-order valence-electron chi connectivity index (χ0n) is 21.0. The molecule has 8 nitrogen and oxygen atoms in total. The van der Waals surface area contributed by atoms with E-state index in [1.165, 1.54) is 19.1 Å². The van der Waals surface area contributed by atoms with Crippen LogP contribution in [0.5, 0.6) is 0 Å². The standard InChI is InChI=1S/C27H30N4O4S/c1-18-12-14-25(15-13-18)36(34,35)31(26-11-6-8-19(2)20(26)3)17-27(33)30-29-21(4)23-9-7-10-24(16-23)28-22(5)32/h6-16H,17H2,1-5H3,(H,28,32)(H,30,33)/b29-21-. The van der Waals surface area contributed by atoms with Crippen molar-refractivity contribution in [3.8, 4) is 0 Å². The molecule has 0 aromatic heterocycles. The molecule has 0 saturated heterocycles. The van der Waals surface area contributed by atoms with E-state index in [0.717, 1.165) is 21.0 Å². The molecule has 0 saturated carbocycles. The smallest absolute Gasteiger partial charge is 0.264 e. The molecular weight excluding hydrogens is 476 g/mol. The minimum Gasteiger partial charge on any atom is -0.326 e. The number of nitrogens with one attached hydrogen (secondary N) is 2. The Morgan fingerprint density at radius 3 is 2.25 bits per heavy atom. The Hall–Kier alpha value is -3.98. The second-order valence-electron chi connectivity index (χ2n) is 8.54. The molecule has 3 rings (SSSR count). The molecule has 0 unspecified atom stereocenters. The van der Waals surface area contributed by atoms with Gasteiger partial charge in [0, 0.05) is 12.6 Å². The zero-order valence-corrected chi connectivity index (χ0v) is 21.8. The van der Waals surface area contributed by atoms with Crippen LogP contribution < -0.4 is 15.0 Å². The fourth-order valence-electron chi connectivity index (χ4n) is 3.54. The lowest BCUT2D eigenvalue weighted by Gasteiger charge is -2.26. The molecular formula is C27H30N4O4S. The molecule has 9 heteroatoms. The fraction of sp³-hybridized carbons (Fsp3) is 0.222. The number of hydrogen-bond donors (Lipinski definition) is 2. The van der Waals surface area contributed by atoms with E-state index in [1.807, 2.05) is 26.8 Å². The molecule has 3 aromatic carbocycles. The van der Waals surface area contributed by atoms with E-state index in [2.05, 4.69) is 15.8 Å². The van der Waals surface area contributed by atoms with Gasteiger partial charge in [0.2, 0.25) is 5.91 Å². The molecule has 0 bridgehead atoms. The van der Waals surface area contributed by atoms with E-state index in [9.17, 15) is 18.0 Å². The number of benzene rings is 3. The van der Waals surface area contributed by atoms with Crippen LogP contribution in [0.1, 0.15) is 36.1 Å². The Morgan fingerprint density at radius 2 is 1.58 bits per heavy atom. The molecule has 0 spiro atoms. The molecule has 2 amide bonds. The second-order valence-corrected chi connectivity index (χ2v) is 10.4. The van der Waals surface area contributed by atoms with Gasteiger partial charge in [0.1, 0.15) is 6.54 Å². The van der Waals surface area contributed by atoms with Crippen molar-refractivity contribution >= 4 is 38.9 Å². The van der Waals surface area contributed by atoms with Gasteiger partial charge in [0.15, 0.2) is 0 Å². The number of sulfonamides is 1. The second kappa shape index (κ2) is 11.2. The summed E-state index contributed by atoms with van der Waals surface area (Å²) in [7, 11) is -4.03. The van der Waals surface area contributed by atoms with Crippen LogP contribution in [0.4, 0.5) is 11.4 Å². The topological polar surface area (TPSA) is 108 Å². The van der Waals surface area contributed by atoms with E-state index in [4.69, 9.17) is 0 Å². The molecule has 2 N–H and O–H groups in total. The summed E-state index contributed by atoms with van der Waals surface area (Å²) in [5, 5.41) is 6.85. The van der Waals surface area contributed by atoms with Gasteiger partial charge in [-0.1, -0.05) is 42.0 Å². The molecule has 0 fully saturated rings. The number of hydrazone groups is 1. The van der Waals surface area contributed by atoms with Crippen molar-refractivity contribution in [2.45, 2.75) is 39.5 Å². The monoisotopic (exact) mass is 506 g/mol. The summed E-state index contributed by atoms with van der Waals surface area (Å²) in [5.41, 5.74) is 7.28. The van der Waals surface area contributed by atoms with Gasteiger partial charge < -0.3 is 5.32 Å². The lowest BCUT2D eigenvalue weighted by molar-refractivity contribution is -0.119. The summed E-state index contributed by atoms with van der Waals surface area (Å²) in [5.74, 6) is -0.791. The fourth-order valence-corrected chi connectivity index (χ4v) is 5.02. The quantitative estimate of drug-likeness (QED) is 0.351. The molecule has 188 valence electrons. The maximum absolute atomic E-state index is 13.6. The van der Waals surface area contributed by atoms with Gasteiger partial charge in [-0.15, -0.1) is 0 Å². The van der Waals surface area contributed by atoms with E-state index >= 15 is 0 Å². The van der Waals surface area contributed by atoms with E-state index in [-0.39, 0.29) is 10.8 Å².